The van der Waals surface area contributed by atoms with E-state index in [1.54, 1.807) is 11.3 Å². The first-order chi connectivity index (χ1) is 15.8. The standard InChI is InChI=1S/C23H25N3O5S2/c27-20(25(13-16-5-2-1-3-6-16)17-9-12-33(30,31)15-17)14-26-21(28)23(24-22(26)29)10-4-7-19-18(23)8-11-32-19/h1-3,5-6,8,11,17H,4,7,9-10,12-15H2,(H,24,29)/t17-,23-/m1/s1. The summed E-state index contributed by atoms with van der Waals surface area (Å²) in [5.74, 6) is -0.904. The SMILES string of the molecule is O=C1N[C@@]2(CCCc3sccc32)C(=O)N1CC(=O)N(Cc1ccccc1)[C@@H]1CCS(=O)(=O)C1. The fraction of sp³-hybridized carbons (Fsp3) is 0.435. The molecule has 0 radical (unpaired) electrons. The van der Waals surface area contributed by atoms with E-state index in [0.29, 0.717) is 12.8 Å². The molecule has 8 nitrogen and oxygen atoms in total. The number of imide groups is 1. The quantitative estimate of drug-likeness (QED) is 0.650. The van der Waals surface area contributed by atoms with Crippen LogP contribution in [0, 0.1) is 0 Å². The van der Waals surface area contributed by atoms with Crippen LogP contribution in [0.15, 0.2) is 41.8 Å². The van der Waals surface area contributed by atoms with Gasteiger partial charge in [-0.2, -0.15) is 0 Å². The van der Waals surface area contributed by atoms with Gasteiger partial charge in [0.05, 0.1) is 11.5 Å². The normalized spacial score (nSPS) is 25.8. The third-order valence-electron chi connectivity index (χ3n) is 6.80. The topological polar surface area (TPSA) is 104 Å². The van der Waals surface area contributed by atoms with Crippen LogP contribution in [0.5, 0.6) is 0 Å². The lowest BCUT2D eigenvalue weighted by Crippen LogP contribution is -2.49. The van der Waals surface area contributed by atoms with Gasteiger partial charge in [0.15, 0.2) is 9.84 Å². The Balaban J connectivity index is 1.39. The molecule has 10 heteroatoms. The molecule has 0 bridgehead atoms. The minimum absolute atomic E-state index is 0.0312. The number of benzene rings is 1. The predicted octanol–water partition coefficient (Wildman–Crippen LogP) is 2.05. The molecule has 1 N–H and O–H groups in total. The summed E-state index contributed by atoms with van der Waals surface area (Å²) in [6.07, 6.45) is 2.50. The lowest BCUT2D eigenvalue weighted by atomic mass is 9.80. The maximum atomic E-state index is 13.5. The molecule has 2 atom stereocenters. The molecule has 0 saturated carbocycles. The van der Waals surface area contributed by atoms with E-state index in [1.165, 1.54) is 4.90 Å². The second-order valence-corrected chi connectivity index (χ2v) is 12.1. The molecule has 3 heterocycles. The molecule has 33 heavy (non-hydrogen) atoms. The Morgan fingerprint density at radius 3 is 2.73 bits per heavy atom. The highest BCUT2D eigenvalue weighted by Crippen LogP contribution is 2.42. The first kappa shape index (κ1) is 22.1. The molecule has 2 saturated heterocycles. The molecule has 2 fully saturated rings. The van der Waals surface area contributed by atoms with Crippen molar-refractivity contribution in [2.45, 2.75) is 43.8 Å². The molecule has 174 valence electrons. The number of carbonyl (C=O) groups excluding carboxylic acids is 3. The van der Waals surface area contributed by atoms with Gasteiger partial charge >= 0.3 is 6.03 Å². The zero-order chi connectivity index (χ0) is 23.2. The van der Waals surface area contributed by atoms with E-state index in [0.717, 1.165) is 33.7 Å². The molecule has 4 amide bonds. The van der Waals surface area contributed by atoms with Gasteiger partial charge in [-0.15, -0.1) is 11.3 Å². The van der Waals surface area contributed by atoms with Crippen molar-refractivity contribution in [1.29, 1.82) is 0 Å². The number of hydrogen-bond donors (Lipinski definition) is 1. The molecule has 0 unspecified atom stereocenters. The lowest BCUT2D eigenvalue weighted by Gasteiger charge is -2.32. The van der Waals surface area contributed by atoms with Gasteiger partial charge in [-0.25, -0.2) is 13.2 Å². The van der Waals surface area contributed by atoms with Crippen LogP contribution in [-0.2, 0) is 37.9 Å². The first-order valence-electron chi connectivity index (χ1n) is 11.0. The molecule has 3 aliphatic rings. The average molecular weight is 488 g/mol. The van der Waals surface area contributed by atoms with Crippen LogP contribution in [-0.4, -0.2) is 60.2 Å². The third kappa shape index (κ3) is 3.95. The number of hydrogen-bond acceptors (Lipinski definition) is 6. The summed E-state index contributed by atoms with van der Waals surface area (Å²) in [5, 5.41) is 4.79. The van der Waals surface area contributed by atoms with Crippen molar-refractivity contribution in [1.82, 2.24) is 15.1 Å². The number of nitrogens with one attached hydrogen (secondary N) is 1. The summed E-state index contributed by atoms with van der Waals surface area (Å²) in [6, 6.07) is 10.1. The summed E-state index contributed by atoms with van der Waals surface area (Å²) >= 11 is 1.57. The zero-order valence-corrected chi connectivity index (χ0v) is 19.7. The number of fused-ring (bicyclic) bond motifs is 2. The highest BCUT2D eigenvalue weighted by Gasteiger charge is 2.55. The van der Waals surface area contributed by atoms with Gasteiger partial charge in [0.25, 0.3) is 5.91 Å². The summed E-state index contributed by atoms with van der Waals surface area (Å²) in [4.78, 5) is 43.4. The Kier molecular flexibility index (Phi) is 5.52. The van der Waals surface area contributed by atoms with Crippen LogP contribution in [0.2, 0.25) is 0 Å². The number of sulfone groups is 1. The number of urea groups is 1. The zero-order valence-electron chi connectivity index (χ0n) is 18.0. The van der Waals surface area contributed by atoms with Crippen molar-refractivity contribution < 1.29 is 22.8 Å². The maximum Gasteiger partial charge on any atom is 0.325 e. The van der Waals surface area contributed by atoms with Crippen molar-refractivity contribution in [3.05, 3.63) is 57.8 Å². The fourth-order valence-corrected chi connectivity index (χ4v) is 7.86. The number of rotatable bonds is 5. The molecule has 2 aromatic rings. The van der Waals surface area contributed by atoms with Gasteiger partial charge in [-0.1, -0.05) is 30.3 Å². The van der Waals surface area contributed by atoms with Crippen molar-refractivity contribution in [2.24, 2.45) is 0 Å². The largest absolute Gasteiger partial charge is 0.333 e. The van der Waals surface area contributed by atoms with Gasteiger partial charge in [0.2, 0.25) is 5.91 Å². The van der Waals surface area contributed by atoms with E-state index < -0.39 is 45.8 Å². The smallest absolute Gasteiger partial charge is 0.325 e. The Hall–Kier alpha value is -2.72. The Morgan fingerprint density at radius 1 is 1.21 bits per heavy atom. The highest BCUT2D eigenvalue weighted by atomic mass is 32.2. The number of nitrogens with zero attached hydrogens (tertiary/aromatic N) is 2. The second-order valence-electron chi connectivity index (χ2n) is 8.90. The van der Waals surface area contributed by atoms with E-state index in [-0.39, 0.29) is 18.1 Å². The van der Waals surface area contributed by atoms with E-state index in [2.05, 4.69) is 5.32 Å². The van der Waals surface area contributed by atoms with Crippen LogP contribution >= 0.6 is 11.3 Å². The van der Waals surface area contributed by atoms with Crippen molar-refractivity contribution in [3.63, 3.8) is 0 Å². The molecule has 1 aromatic heterocycles. The van der Waals surface area contributed by atoms with Gasteiger partial charge in [-0.3, -0.25) is 14.5 Å². The Labute approximate surface area is 196 Å². The highest BCUT2D eigenvalue weighted by molar-refractivity contribution is 7.91. The molecule has 1 spiro atoms. The average Bonchev–Trinajstić information content (AvgIpc) is 3.47. The van der Waals surface area contributed by atoms with E-state index in [9.17, 15) is 22.8 Å². The minimum atomic E-state index is -3.22. The summed E-state index contributed by atoms with van der Waals surface area (Å²) < 4.78 is 24.2. The van der Waals surface area contributed by atoms with E-state index in [4.69, 9.17) is 0 Å². The van der Waals surface area contributed by atoms with Gasteiger partial charge in [-0.05, 0) is 42.7 Å². The van der Waals surface area contributed by atoms with E-state index >= 15 is 0 Å². The monoisotopic (exact) mass is 487 g/mol. The summed E-state index contributed by atoms with van der Waals surface area (Å²) in [7, 11) is -3.22. The number of thiophene rings is 1. The van der Waals surface area contributed by atoms with Gasteiger partial charge in [0.1, 0.15) is 12.1 Å². The number of carbonyl (C=O) groups is 3. The third-order valence-corrected chi connectivity index (χ3v) is 9.53. The van der Waals surface area contributed by atoms with Gasteiger partial charge < -0.3 is 10.2 Å². The Bertz CT molecular complexity index is 1210. The molecular formula is C23H25N3O5S2. The molecule has 2 aliphatic heterocycles. The van der Waals surface area contributed by atoms with Crippen molar-refractivity contribution in [2.75, 3.05) is 18.1 Å². The fourth-order valence-electron chi connectivity index (χ4n) is 5.13. The van der Waals surface area contributed by atoms with Gasteiger partial charge in [0, 0.05) is 23.0 Å². The van der Waals surface area contributed by atoms with E-state index in [1.807, 2.05) is 41.8 Å². The minimum Gasteiger partial charge on any atom is -0.333 e. The van der Waals surface area contributed by atoms with Crippen LogP contribution in [0.3, 0.4) is 0 Å². The van der Waals surface area contributed by atoms with Crippen LogP contribution < -0.4 is 5.32 Å². The Morgan fingerprint density at radius 2 is 2.00 bits per heavy atom. The van der Waals surface area contributed by atoms with Crippen molar-refractivity contribution >= 4 is 39.0 Å². The maximum absolute atomic E-state index is 13.5. The predicted molar refractivity (Wildman–Crippen MR) is 123 cm³/mol. The second kappa shape index (κ2) is 8.25. The molecule has 1 aliphatic carbocycles. The van der Waals surface area contributed by atoms with Crippen LogP contribution in [0.1, 0.15) is 35.3 Å². The molecule has 5 rings (SSSR count). The lowest BCUT2D eigenvalue weighted by molar-refractivity contribution is -0.140. The summed E-state index contributed by atoms with van der Waals surface area (Å²) in [6.45, 7) is -0.182. The van der Waals surface area contributed by atoms with Crippen molar-refractivity contribution in [3.8, 4) is 0 Å². The molecule has 1 aromatic carbocycles. The molecular weight excluding hydrogens is 462 g/mol. The number of aryl methyl sites for hydroxylation is 1. The van der Waals surface area contributed by atoms with Crippen LogP contribution in [0.4, 0.5) is 4.79 Å². The first-order valence-corrected chi connectivity index (χ1v) is 13.7. The number of amides is 4. The summed E-state index contributed by atoms with van der Waals surface area (Å²) in [5.41, 5.74) is 0.584. The van der Waals surface area contributed by atoms with Crippen LogP contribution in [0.25, 0.3) is 0 Å².